The minimum atomic E-state index is -0.891. The molecule has 2 N–H and O–H groups in total. The van der Waals surface area contributed by atoms with Crippen LogP contribution in [0.3, 0.4) is 0 Å². The first-order valence-corrected chi connectivity index (χ1v) is 3.71. The molecule has 0 aromatic carbocycles. The first-order chi connectivity index (χ1) is 5.74. The van der Waals surface area contributed by atoms with E-state index < -0.39 is 5.97 Å². The molecule has 0 aliphatic carbocycles. The van der Waals surface area contributed by atoms with Crippen molar-refractivity contribution in [1.82, 2.24) is 9.78 Å². The van der Waals surface area contributed by atoms with E-state index in [0.29, 0.717) is 0 Å². The molecule has 1 rings (SSSR count). The van der Waals surface area contributed by atoms with Crippen LogP contribution in [0, 0.1) is 0 Å². The van der Waals surface area contributed by atoms with Gasteiger partial charge in [0, 0.05) is 12.6 Å². The Morgan fingerprint density at radius 1 is 1.83 bits per heavy atom. The number of carboxylic acid groups (broad SMARTS) is 1. The summed E-state index contributed by atoms with van der Waals surface area (Å²) in [7, 11) is 0. The maximum Gasteiger partial charge on any atom is 0.325 e. The molecule has 5 heteroatoms. The van der Waals surface area contributed by atoms with Crippen molar-refractivity contribution >= 4 is 11.8 Å². The van der Waals surface area contributed by atoms with Crippen molar-refractivity contribution in [3.63, 3.8) is 0 Å². The molecule has 1 aromatic rings. The Bertz CT molecular complexity index is 269. The molecule has 0 aliphatic rings. The van der Waals surface area contributed by atoms with E-state index >= 15 is 0 Å². The molecular weight excluding hydrogens is 158 g/mol. The molecule has 0 bridgehead atoms. The smallest absolute Gasteiger partial charge is 0.325 e. The highest BCUT2D eigenvalue weighted by Gasteiger charge is 2.03. The second kappa shape index (κ2) is 3.75. The Morgan fingerprint density at radius 3 is 3.17 bits per heavy atom. The van der Waals surface area contributed by atoms with Crippen molar-refractivity contribution < 1.29 is 9.90 Å². The Kier molecular flexibility index (Phi) is 2.68. The monoisotopic (exact) mass is 169 g/mol. The largest absolute Gasteiger partial charge is 0.480 e. The van der Waals surface area contributed by atoms with Gasteiger partial charge in [-0.25, -0.2) is 4.68 Å². The quantitative estimate of drug-likeness (QED) is 0.684. The molecule has 0 atom stereocenters. The minimum Gasteiger partial charge on any atom is -0.480 e. The molecule has 1 aromatic heterocycles. The van der Waals surface area contributed by atoms with Gasteiger partial charge in [0.2, 0.25) is 0 Å². The fraction of sp³-hybridized carbons (Fsp3) is 0.429. The van der Waals surface area contributed by atoms with Gasteiger partial charge in [0.1, 0.15) is 12.4 Å². The normalized spacial score (nSPS) is 9.75. The van der Waals surface area contributed by atoms with Crippen molar-refractivity contribution in [2.24, 2.45) is 0 Å². The Labute approximate surface area is 70.0 Å². The van der Waals surface area contributed by atoms with Crippen LogP contribution in [0.4, 0.5) is 5.82 Å². The number of rotatable bonds is 4. The molecule has 0 aliphatic heterocycles. The zero-order valence-electron chi connectivity index (χ0n) is 6.82. The van der Waals surface area contributed by atoms with Crippen LogP contribution in [0.2, 0.25) is 0 Å². The third kappa shape index (κ3) is 1.98. The molecule has 0 amide bonds. The number of carbonyl (C=O) groups is 1. The summed E-state index contributed by atoms with van der Waals surface area (Å²) in [6, 6.07) is 1.74. The molecule has 66 valence electrons. The van der Waals surface area contributed by atoms with Crippen LogP contribution in [-0.4, -0.2) is 27.4 Å². The molecule has 0 spiro atoms. The van der Waals surface area contributed by atoms with Crippen LogP contribution < -0.4 is 5.32 Å². The molecule has 0 radical (unpaired) electrons. The topological polar surface area (TPSA) is 67.2 Å². The summed E-state index contributed by atoms with van der Waals surface area (Å²) >= 11 is 0. The maximum atomic E-state index is 10.3. The van der Waals surface area contributed by atoms with E-state index in [0.717, 1.165) is 12.4 Å². The number of hydrogen-bond acceptors (Lipinski definition) is 3. The summed E-state index contributed by atoms with van der Waals surface area (Å²) < 4.78 is 1.41. The Hall–Kier alpha value is -1.52. The van der Waals surface area contributed by atoms with Crippen LogP contribution >= 0.6 is 0 Å². The van der Waals surface area contributed by atoms with Gasteiger partial charge in [-0.15, -0.1) is 0 Å². The maximum absolute atomic E-state index is 10.3. The second-order valence-corrected chi connectivity index (χ2v) is 2.30. The number of nitrogens with one attached hydrogen (secondary N) is 1. The molecule has 12 heavy (non-hydrogen) atoms. The van der Waals surface area contributed by atoms with Crippen molar-refractivity contribution in [1.29, 1.82) is 0 Å². The van der Waals surface area contributed by atoms with Crippen LogP contribution in [-0.2, 0) is 11.3 Å². The van der Waals surface area contributed by atoms with E-state index in [9.17, 15) is 4.79 Å². The van der Waals surface area contributed by atoms with Crippen molar-refractivity contribution in [2.45, 2.75) is 13.5 Å². The lowest BCUT2D eigenvalue weighted by atomic mass is 10.5. The zero-order chi connectivity index (χ0) is 8.97. The number of anilines is 1. The van der Waals surface area contributed by atoms with Crippen LogP contribution in [0.15, 0.2) is 12.3 Å². The third-order valence-corrected chi connectivity index (χ3v) is 1.36. The molecule has 0 saturated heterocycles. The molecule has 1 heterocycles. The van der Waals surface area contributed by atoms with Gasteiger partial charge in [-0.05, 0) is 6.92 Å². The van der Waals surface area contributed by atoms with Gasteiger partial charge in [-0.3, -0.25) is 4.79 Å². The minimum absolute atomic E-state index is 0.102. The van der Waals surface area contributed by atoms with Gasteiger partial charge >= 0.3 is 5.97 Å². The average molecular weight is 169 g/mol. The lowest BCUT2D eigenvalue weighted by molar-refractivity contribution is -0.137. The van der Waals surface area contributed by atoms with Gasteiger partial charge in [-0.1, -0.05) is 0 Å². The van der Waals surface area contributed by atoms with Gasteiger partial charge in [0.05, 0.1) is 6.20 Å². The lowest BCUT2D eigenvalue weighted by Gasteiger charge is -2.04. The second-order valence-electron chi connectivity index (χ2n) is 2.30. The molecule has 0 fully saturated rings. The van der Waals surface area contributed by atoms with E-state index in [1.807, 2.05) is 6.92 Å². The third-order valence-electron chi connectivity index (χ3n) is 1.36. The predicted octanol–water partition coefficient (Wildman–Crippen LogP) is 0.399. The van der Waals surface area contributed by atoms with Crippen LogP contribution in [0.5, 0.6) is 0 Å². The van der Waals surface area contributed by atoms with E-state index in [-0.39, 0.29) is 6.54 Å². The van der Waals surface area contributed by atoms with Gasteiger partial charge < -0.3 is 10.4 Å². The van der Waals surface area contributed by atoms with E-state index in [1.165, 1.54) is 4.68 Å². The lowest BCUT2D eigenvalue weighted by Crippen LogP contribution is -2.13. The highest BCUT2D eigenvalue weighted by molar-refractivity contribution is 5.67. The standard InChI is InChI=1S/C7H11N3O2/c1-2-8-6-3-4-9-10(6)5-7(11)12/h3-4,8H,2,5H2,1H3,(H,11,12). The molecule has 5 nitrogen and oxygen atoms in total. The SMILES string of the molecule is CCNc1ccnn1CC(=O)O. The zero-order valence-corrected chi connectivity index (χ0v) is 6.82. The summed E-state index contributed by atoms with van der Waals surface area (Å²) in [5.41, 5.74) is 0. The summed E-state index contributed by atoms with van der Waals surface area (Å²) in [4.78, 5) is 10.3. The number of aliphatic carboxylic acids is 1. The van der Waals surface area contributed by atoms with Crippen molar-refractivity contribution in [3.8, 4) is 0 Å². The summed E-state index contributed by atoms with van der Waals surface area (Å²) in [6.45, 7) is 2.60. The van der Waals surface area contributed by atoms with Gasteiger partial charge in [-0.2, -0.15) is 5.10 Å². The molecule has 0 unspecified atom stereocenters. The molecule has 0 saturated carbocycles. The highest BCUT2D eigenvalue weighted by Crippen LogP contribution is 2.04. The number of nitrogens with zero attached hydrogens (tertiary/aromatic N) is 2. The average Bonchev–Trinajstić information content (AvgIpc) is 2.37. The predicted molar refractivity (Wildman–Crippen MR) is 44.0 cm³/mol. The highest BCUT2D eigenvalue weighted by atomic mass is 16.4. The number of aromatic nitrogens is 2. The first kappa shape index (κ1) is 8.58. The fourth-order valence-corrected chi connectivity index (χ4v) is 0.918. The first-order valence-electron chi connectivity index (χ1n) is 3.71. The fourth-order valence-electron chi connectivity index (χ4n) is 0.918. The van der Waals surface area contributed by atoms with Crippen LogP contribution in [0.25, 0.3) is 0 Å². The summed E-state index contributed by atoms with van der Waals surface area (Å²) in [6.07, 6.45) is 1.57. The number of hydrogen-bond donors (Lipinski definition) is 2. The van der Waals surface area contributed by atoms with E-state index in [2.05, 4.69) is 10.4 Å². The van der Waals surface area contributed by atoms with Crippen molar-refractivity contribution in [3.05, 3.63) is 12.3 Å². The summed E-state index contributed by atoms with van der Waals surface area (Å²) in [5.74, 6) is -0.155. The van der Waals surface area contributed by atoms with E-state index in [1.54, 1.807) is 12.3 Å². The van der Waals surface area contributed by atoms with Gasteiger partial charge in [0.25, 0.3) is 0 Å². The van der Waals surface area contributed by atoms with Gasteiger partial charge in [0.15, 0.2) is 0 Å². The Balaban J connectivity index is 2.69. The van der Waals surface area contributed by atoms with Crippen molar-refractivity contribution in [2.75, 3.05) is 11.9 Å². The summed E-state index contributed by atoms with van der Waals surface area (Å²) in [5, 5.41) is 15.3. The van der Waals surface area contributed by atoms with E-state index in [4.69, 9.17) is 5.11 Å². The molecular formula is C7H11N3O2. The number of carboxylic acids is 1. The van der Waals surface area contributed by atoms with Crippen LogP contribution in [0.1, 0.15) is 6.92 Å². The Morgan fingerprint density at radius 2 is 2.58 bits per heavy atom.